The summed E-state index contributed by atoms with van der Waals surface area (Å²) < 4.78 is 0. The van der Waals surface area contributed by atoms with Crippen molar-refractivity contribution in [3.63, 3.8) is 0 Å². The summed E-state index contributed by atoms with van der Waals surface area (Å²) in [6.45, 7) is 27.9. The van der Waals surface area contributed by atoms with E-state index in [1.165, 1.54) is 90.8 Å². The summed E-state index contributed by atoms with van der Waals surface area (Å²) in [5, 5.41) is 3.45. The van der Waals surface area contributed by atoms with Crippen molar-refractivity contribution >= 4 is 0 Å². The first-order valence-corrected chi connectivity index (χ1v) is 14.2. The van der Waals surface area contributed by atoms with E-state index in [1.54, 1.807) is 0 Å². The SMILES string of the molecule is CC(C)C(CCN(C)CCC(C)(C)C)CCC(C)(C)CCCN(C)CCCN1CCNCC1. The molecule has 1 unspecified atom stereocenters. The van der Waals surface area contributed by atoms with E-state index in [-0.39, 0.29) is 0 Å². The van der Waals surface area contributed by atoms with Crippen molar-refractivity contribution in [2.24, 2.45) is 22.7 Å². The largest absolute Gasteiger partial charge is 0.314 e. The van der Waals surface area contributed by atoms with Crippen LogP contribution in [0.4, 0.5) is 0 Å². The van der Waals surface area contributed by atoms with Crippen molar-refractivity contribution in [3.8, 4) is 0 Å². The molecule has 33 heavy (non-hydrogen) atoms. The van der Waals surface area contributed by atoms with Crippen LogP contribution in [0, 0.1) is 22.7 Å². The Balaban J connectivity index is 2.22. The molecule has 1 atom stereocenters. The third-order valence-corrected chi connectivity index (χ3v) is 7.88. The maximum absolute atomic E-state index is 3.45. The maximum atomic E-state index is 3.45. The van der Waals surface area contributed by atoms with Gasteiger partial charge in [0.05, 0.1) is 0 Å². The topological polar surface area (TPSA) is 21.8 Å². The third-order valence-electron chi connectivity index (χ3n) is 7.88. The highest BCUT2D eigenvalue weighted by Gasteiger charge is 2.22. The van der Waals surface area contributed by atoms with Crippen LogP contribution in [-0.2, 0) is 0 Å². The van der Waals surface area contributed by atoms with Gasteiger partial charge in [-0.15, -0.1) is 0 Å². The van der Waals surface area contributed by atoms with Gasteiger partial charge in [0.15, 0.2) is 0 Å². The van der Waals surface area contributed by atoms with Crippen LogP contribution < -0.4 is 5.32 Å². The molecule has 0 radical (unpaired) electrons. The zero-order chi connectivity index (χ0) is 24.9. The summed E-state index contributed by atoms with van der Waals surface area (Å²) in [6.07, 6.45) is 9.38. The first-order valence-electron chi connectivity index (χ1n) is 14.2. The fourth-order valence-corrected chi connectivity index (χ4v) is 4.97. The molecule has 1 fully saturated rings. The second-order valence-corrected chi connectivity index (χ2v) is 13.5. The molecule has 0 aromatic heterocycles. The quantitative estimate of drug-likeness (QED) is 0.291. The number of rotatable bonds is 17. The van der Waals surface area contributed by atoms with Crippen LogP contribution in [0.1, 0.15) is 93.4 Å². The maximum Gasteiger partial charge on any atom is 0.0107 e. The lowest BCUT2D eigenvalue weighted by atomic mass is 9.78. The standard InChI is InChI=1S/C29H62N4/c1-26(2)27(13-22-32(9)23-16-28(3,4)5)12-15-29(6,7)14-10-19-31(8)20-11-21-33-24-17-30-18-25-33/h26-27,30H,10-25H2,1-9H3. The molecule has 1 N–H and O–H groups in total. The lowest BCUT2D eigenvalue weighted by Crippen LogP contribution is -2.44. The van der Waals surface area contributed by atoms with Gasteiger partial charge in [0, 0.05) is 26.2 Å². The second-order valence-electron chi connectivity index (χ2n) is 13.5. The smallest absolute Gasteiger partial charge is 0.0107 e. The molecule has 1 heterocycles. The molecule has 0 amide bonds. The van der Waals surface area contributed by atoms with Gasteiger partial charge in [0.1, 0.15) is 0 Å². The molecule has 0 aliphatic carbocycles. The van der Waals surface area contributed by atoms with Gasteiger partial charge in [-0.2, -0.15) is 0 Å². The molecule has 1 saturated heterocycles. The number of hydrogen-bond donors (Lipinski definition) is 1. The zero-order valence-electron chi connectivity index (χ0n) is 24.3. The molecular weight excluding hydrogens is 404 g/mol. The highest BCUT2D eigenvalue weighted by molar-refractivity contribution is 4.75. The van der Waals surface area contributed by atoms with Crippen molar-refractivity contribution < 1.29 is 0 Å². The minimum Gasteiger partial charge on any atom is -0.314 e. The van der Waals surface area contributed by atoms with E-state index in [0.717, 1.165) is 24.9 Å². The minimum atomic E-state index is 0.439. The Labute approximate surface area is 209 Å². The molecular formula is C29H62N4. The van der Waals surface area contributed by atoms with Crippen LogP contribution >= 0.6 is 0 Å². The highest BCUT2D eigenvalue weighted by atomic mass is 15.2. The molecule has 0 spiro atoms. The number of piperazine rings is 1. The number of nitrogens with zero attached hydrogens (tertiary/aromatic N) is 3. The van der Waals surface area contributed by atoms with Crippen LogP contribution in [-0.4, -0.2) is 87.7 Å². The molecule has 0 saturated carbocycles. The Bertz CT molecular complexity index is 477. The van der Waals surface area contributed by atoms with E-state index in [1.807, 2.05) is 0 Å². The van der Waals surface area contributed by atoms with E-state index in [2.05, 4.69) is 82.6 Å². The molecule has 0 bridgehead atoms. The van der Waals surface area contributed by atoms with Crippen LogP contribution in [0.15, 0.2) is 0 Å². The van der Waals surface area contributed by atoms with Crippen molar-refractivity contribution in [1.29, 1.82) is 0 Å². The Hall–Kier alpha value is -0.160. The highest BCUT2D eigenvalue weighted by Crippen LogP contribution is 2.33. The van der Waals surface area contributed by atoms with Gasteiger partial charge < -0.3 is 20.0 Å². The van der Waals surface area contributed by atoms with Crippen molar-refractivity contribution in [1.82, 2.24) is 20.0 Å². The monoisotopic (exact) mass is 466 g/mol. The summed E-state index contributed by atoms with van der Waals surface area (Å²) >= 11 is 0. The summed E-state index contributed by atoms with van der Waals surface area (Å²) in [7, 11) is 4.63. The van der Waals surface area contributed by atoms with Gasteiger partial charge >= 0.3 is 0 Å². The average Bonchev–Trinajstić information content (AvgIpc) is 2.72. The second kappa shape index (κ2) is 15.8. The molecule has 4 heteroatoms. The normalized spacial score (nSPS) is 17.5. The van der Waals surface area contributed by atoms with Crippen LogP contribution in [0.25, 0.3) is 0 Å². The van der Waals surface area contributed by atoms with E-state index in [4.69, 9.17) is 0 Å². The number of nitrogens with one attached hydrogen (secondary N) is 1. The predicted molar refractivity (Wildman–Crippen MR) is 148 cm³/mol. The minimum absolute atomic E-state index is 0.439. The fourth-order valence-electron chi connectivity index (χ4n) is 4.97. The molecule has 1 aliphatic rings. The Morgan fingerprint density at radius 2 is 1.36 bits per heavy atom. The fraction of sp³-hybridized carbons (Fsp3) is 1.00. The first-order chi connectivity index (χ1) is 15.4. The van der Waals surface area contributed by atoms with E-state index >= 15 is 0 Å². The summed E-state index contributed by atoms with van der Waals surface area (Å²) in [6, 6.07) is 0. The lowest BCUT2D eigenvalue weighted by molar-refractivity contribution is 0.196. The first kappa shape index (κ1) is 30.9. The third kappa shape index (κ3) is 16.2. The predicted octanol–water partition coefficient (Wildman–Crippen LogP) is 5.83. The Morgan fingerprint density at radius 1 is 0.758 bits per heavy atom. The van der Waals surface area contributed by atoms with E-state index in [0.29, 0.717) is 10.8 Å². The molecule has 0 aromatic rings. The molecule has 198 valence electrons. The van der Waals surface area contributed by atoms with Crippen molar-refractivity contribution in [2.45, 2.75) is 93.4 Å². The molecule has 1 rings (SSSR count). The van der Waals surface area contributed by atoms with Gasteiger partial charge in [0.25, 0.3) is 0 Å². The van der Waals surface area contributed by atoms with E-state index < -0.39 is 0 Å². The molecule has 0 aromatic carbocycles. The van der Waals surface area contributed by atoms with Crippen LogP contribution in [0.3, 0.4) is 0 Å². The molecule has 4 nitrogen and oxygen atoms in total. The van der Waals surface area contributed by atoms with Gasteiger partial charge in [0.2, 0.25) is 0 Å². The Morgan fingerprint density at radius 3 is 1.97 bits per heavy atom. The van der Waals surface area contributed by atoms with Crippen LogP contribution in [0.2, 0.25) is 0 Å². The van der Waals surface area contributed by atoms with Gasteiger partial charge in [-0.05, 0) is 114 Å². The Kier molecular flexibility index (Phi) is 14.7. The van der Waals surface area contributed by atoms with Crippen molar-refractivity contribution in [2.75, 3.05) is 73.0 Å². The average molecular weight is 467 g/mol. The van der Waals surface area contributed by atoms with Gasteiger partial charge in [-0.1, -0.05) is 48.5 Å². The summed E-state index contributed by atoms with van der Waals surface area (Å²) in [5.41, 5.74) is 0.905. The summed E-state index contributed by atoms with van der Waals surface area (Å²) in [4.78, 5) is 7.73. The zero-order valence-corrected chi connectivity index (χ0v) is 24.3. The van der Waals surface area contributed by atoms with Gasteiger partial charge in [-0.3, -0.25) is 0 Å². The van der Waals surface area contributed by atoms with E-state index in [9.17, 15) is 0 Å². The number of hydrogen-bond acceptors (Lipinski definition) is 4. The summed E-state index contributed by atoms with van der Waals surface area (Å²) in [5.74, 6) is 1.65. The molecule has 1 aliphatic heterocycles. The van der Waals surface area contributed by atoms with Gasteiger partial charge in [-0.25, -0.2) is 0 Å². The lowest BCUT2D eigenvalue weighted by Gasteiger charge is -2.31. The van der Waals surface area contributed by atoms with Crippen LogP contribution in [0.5, 0.6) is 0 Å². The van der Waals surface area contributed by atoms with Crippen molar-refractivity contribution in [3.05, 3.63) is 0 Å².